The van der Waals surface area contributed by atoms with Gasteiger partial charge in [0.15, 0.2) is 0 Å². The minimum absolute atomic E-state index is 0.116. The van der Waals surface area contributed by atoms with Gasteiger partial charge in [0.2, 0.25) is 0 Å². The molecule has 1 aliphatic carbocycles. The van der Waals surface area contributed by atoms with Crippen LogP contribution in [-0.4, -0.2) is 22.8 Å². The Morgan fingerprint density at radius 1 is 1.35 bits per heavy atom. The van der Waals surface area contributed by atoms with Gasteiger partial charge in [-0.2, -0.15) is 13.2 Å². The van der Waals surface area contributed by atoms with Crippen molar-refractivity contribution in [1.82, 2.24) is 5.32 Å². The molecule has 6 heteroatoms. The van der Waals surface area contributed by atoms with Gasteiger partial charge in [-0.3, -0.25) is 10.1 Å². The summed E-state index contributed by atoms with van der Waals surface area (Å²) in [6, 6.07) is 6.61. The highest BCUT2D eigenvalue weighted by molar-refractivity contribution is 5.75. The Hall–Kier alpha value is -1.56. The van der Waals surface area contributed by atoms with Gasteiger partial charge >= 0.3 is 12.1 Å². The summed E-state index contributed by atoms with van der Waals surface area (Å²) in [6.07, 6.45) is -3.99. The molecule has 20 heavy (non-hydrogen) atoms. The van der Waals surface area contributed by atoms with Crippen LogP contribution in [0.2, 0.25) is 0 Å². The van der Waals surface area contributed by atoms with Crippen LogP contribution in [0.15, 0.2) is 24.3 Å². The lowest BCUT2D eigenvalue weighted by Crippen LogP contribution is -2.44. The summed E-state index contributed by atoms with van der Waals surface area (Å²) < 4.78 is 38.2. The van der Waals surface area contributed by atoms with E-state index in [-0.39, 0.29) is 19.4 Å². The Kier molecular flexibility index (Phi) is 3.77. The van der Waals surface area contributed by atoms with Crippen molar-refractivity contribution in [3.05, 3.63) is 35.4 Å². The van der Waals surface area contributed by atoms with Gasteiger partial charge in [-0.25, -0.2) is 0 Å². The number of carboxylic acid groups (broad SMARTS) is 1. The third kappa shape index (κ3) is 2.95. The summed E-state index contributed by atoms with van der Waals surface area (Å²) in [5, 5.41) is 11.4. The summed E-state index contributed by atoms with van der Waals surface area (Å²) >= 11 is 0. The molecule has 0 heterocycles. The molecule has 1 fully saturated rings. The molecular formula is C14H16F3NO2. The normalized spacial score (nSPS) is 18.6. The van der Waals surface area contributed by atoms with Crippen LogP contribution in [-0.2, 0) is 11.3 Å². The number of alkyl halides is 3. The van der Waals surface area contributed by atoms with Crippen molar-refractivity contribution in [3.8, 4) is 0 Å². The molecule has 1 unspecified atom stereocenters. The molecule has 3 nitrogen and oxygen atoms in total. The molecule has 2 rings (SSSR count). The van der Waals surface area contributed by atoms with Crippen molar-refractivity contribution >= 4 is 5.97 Å². The second-order valence-electron chi connectivity index (χ2n) is 5.23. The number of halogens is 3. The highest BCUT2D eigenvalue weighted by Gasteiger charge is 2.62. The smallest absolute Gasteiger partial charge is 0.406 e. The third-order valence-electron chi connectivity index (χ3n) is 3.77. The van der Waals surface area contributed by atoms with Gasteiger partial charge in [0, 0.05) is 6.54 Å². The van der Waals surface area contributed by atoms with Gasteiger partial charge in [-0.05, 0) is 30.9 Å². The molecule has 1 aromatic carbocycles. The molecular weight excluding hydrogens is 271 g/mol. The average molecular weight is 287 g/mol. The molecule has 2 N–H and O–H groups in total. The molecule has 0 spiro atoms. The van der Waals surface area contributed by atoms with Gasteiger partial charge in [-0.15, -0.1) is 0 Å². The van der Waals surface area contributed by atoms with E-state index in [0.29, 0.717) is 11.1 Å². The fourth-order valence-electron chi connectivity index (χ4n) is 2.02. The Labute approximate surface area is 114 Å². The van der Waals surface area contributed by atoms with Crippen LogP contribution in [0.3, 0.4) is 0 Å². The third-order valence-corrected chi connectivity index (χ3v) is 3.77. The van der Waals surface area contributed by atoms with E-state index in [2.05, 4.69) is 5.32 Å². The largest absolute Gasteiger partial charge is 0.481 e. The van der Waals surface area contributed by atoms with E-state index >= 15 is 0 Å². The fourth-order valence-corrected chi connectivity index (χ4v) is 2.02. The van der Waals surface area contributed by atoms with Crippen molar-refractivity contribution in [2.45, 2.75) is 43.9 Å². The summed E-state index contributed by atoms with van der Waals surface area (Å²) in [7, 11) is 0. The molecule has 0 aliphatic heterocycles. The number of hydrogen-bond donors (Lipinski definition) is 2. The number of benzene rings is 1. The molecule has 0 bridgehead atoms. The van der Waals surface area contributed by atoms with Crippen LogP contribution in [0, 0.1) is 0 Å². The SMILES string of the molecule is CC(C(=O)O)c1ccc(CNC2(C(F)(F)F)CC2)cc1. The Morgan fingerprint density at radius 3 is 2.30 bits per heavy atom. The lowest BCUT2D eigenvalue weighted by molar-refractivity contribution is -0.166. The van der Waals surface area contributed by atoms with Gasteiger partial charge in [0.05, 0.1) is 5.92 Å². The first-order valence-corrected chi connectivity index (χ1v) is 6.38. The van der Waals surface area contributed by atoms with Gasteiger partial charge < -0.3 is 5.11 Å². The lowest BCUT2D eigenvalue weighted by atomic mass is 10.00. The highest BCUT2D eigenvalue weighted by Crippen LogP contribution is 2.49. The van der Waals surface area contributed by atoms with Crippen LogP contribution >= 0.6 is 0 Å². The monoisotopic (exact) mass is 287 g/mol. The van der Waals surface area contributed by atoms with Crippen molar-refractivity contribution in [3.63, 3.8) is 0 Å². The molecule has 1 aliphatic rings. The number of nitrogens with one attached hydrogen (secondary N) is 1. The predicted molar refractivity (Wildman–Crippen MR) is 67.4 cm³/mol. The second kappa shape index (κ2) is 5.09. The quantitative estimate of drug-likeness (QED) is 0.875. The molecule has 1 saturated carbocycles. The van der Waals surface area contributed by atoms with Gasteiger partial charge in [-0.1, -0.05) is 24.3 Å². The Balaban J connectivity index is 1.97. The van der Waals surface area contributed by atoms with E-state index in [1.807, 2.05) is 0 Å². The minimum Gasteiger partial charge on any atom is -0.481 e. The summed E-state index contributed by atoms with van der Waals surface area (Å²) in [4.78, 5) is 10.8. The van der Waals surface area contributed by atoms with Gasteiger partial charge in [0.25, 0.3) is 0 Å². The molecule has 1 aromatic rings. The van der Waals surface area contributed by atoms with E-state index in [4.69, 9.17) is 5.11 Å². The maximum absolute atomic E-state index is 12.7. The standard InChI is InChI=1S/C14H16F3NO2/c1-9(12(19)20)11-4-2-10(3-5-11)8-18-13(6-7-13)14(15,16)17/h2-5,9,18H,6-8H2,1H3,(H,19,20). The first kappa shape index (κ1) is 14.8. The van der Waals surface area contributed by atoms with E-state index in [0.717, 1.165) is 0 Å². The van der Waals surface area contributed by atoms with Crippen molar-refractivity contribution < 1.29 is 23.1 Å². The first-order valence-electron chi connectivity index (χ1n) is 6.38. The molecule has 110 valence electrons. The maximum Gasteiger partial charge on any atom is 0.406 e. The zero-order chi connectivity index (χ0) is 15.0. The number of carboxylic acids is 1. The van der Waals surface area contributed by atoms with E-state index < -0.39 is 23.6 Å². The van der Waals surface area contributed by atoms with Crippen LogP contribution in [0.4, 0.5) is 13.2 Å². The van der Waals surface area contributed by atoms with Crippen molar-refractivity contribution in [2.75, 3.05) is 0 Å². The van der Waals surface area contributed by atoms with E-state index in [1.54, 1.807) is 31.2 Å². The molecule has 0 amide bonds. The van der Waals surface area contributed by atoms with Gasteiger partial charge in [0.1, 0.15) is 5.54 Å². The summed E-state index contributed by atoms with van der Waals surface area (Å²) in [5.41, 5.74) is -0.375. The van der Waals surface area contributed by atoms with Crippen LogP contribution in [0.25, 0.3) is 0 Å². The molecule has 0 radical (unpaired) electrons. The molecule has 1 atom stereocenters. The lowest BCUT2D eigenvalue weighted by Gasteiger charge is -2.20. The van der Waals surface area contributed by atoms with Crippen molar-refractivity contribution in [1.29, 1.82) is 0 Å². The molecule has 0 saturated heterocycles. The van der Waals surface area contributed by atoms with E-state index in [1.165, 1.54) is 0 Å². The number of aliphatic carboxylic acids is 1. The average Bonchev–Trinajstić information content (AvgIpc) is 3.16. The topological polar surface area (TPSA) is 49.3 Å². The summed E-state index contributed by atoms with van der Waals surface area (Å²) in [5.74, 6) is -1.55. The van der Waals surface area contributed by atoms with Crippen molar-refractivity contribution in [2.24, 2.45) is 0 Å². The Morgan fingerprint density at radius 2 is 1.90 bits per heavy atom. The van der Waals surface area contributed by atoms with Crippen LogP contribution in [0.1, 0.15) is 36.8 Å². The maximum atomic E-state index is 12.7. The zero-order valence-electron chi connectivity index (χ0n) is 11.0. The number of carbonyl (C=O) groups is 1. The Bertz CT molecular complexity index is 492. The number of hydrogen-bond acceptors (Lipinski definition) is 2. The molecule has 0 aromatic heterocycles. The summed E-state index contributed by atoms with van der Waals surface area (Å²) in [6.45, 7) is 1.69. The zero-order valence-corrected chi connectivity index (χ0v) is 11.0. The first-order chi connectivity index (χ1) is 9.25. The van der Waals surface area contributed by atoms with Crippen LogP contribution in [0.5, 0.6) is 0 Å². The minimum atomic E-state index is -4.22. The highest BCUT2D eigenvalue weighted by atomic mass is 19.4. The van der Waals surface area contributed by atoms with Crippen LogP contribution < -0.4 is 5.32 Å². The second-order valence-corrected chi connectivity index (χ2v) is 5.23. The number of rotatable bonds is 5. The van der Waals surface area contributed by atoms with E-state index in [9.17, 15) is 18.0 Å². The predicted octanol–water partition coefficient (Wildman–Crippen LogP) is 3.06. The fraction of sp³-hybridized carbons (Fsp3) is 0.500.